The summed E-state index contributed by atoms with van der Waals surface area (Å²) in [6.45, 7) is 0. The molecule has 20 valence electrons. The van der Waals surface area contributed by atoms with Gasteiger partial charge in [0.15, 0.2) is 0 Å². The van der Waals surface area contributed by atoms with Gasteiger partial charge in [-0.3, -0.25) is 0 Å². The van der Waals surface area contributed by atoms with Gasteiger partial charge >= 0.3 is 0 Å². The Balaban J connectivity index is 0. The Morgan fingerprint density at radius 3 is 1.25 bits per heavy atom. The molecule has 0 aromatic carbocycles. The normalized spacial score (nSPS) is 2.00. The molecule has 0 unspecified atom stereocenters. The van der Waals surface area contributed by atoms with E-state index < -0.39 is 0 Å². The molecule has 4 heteroatoms. The van der Waals surface area contributed by atoms with Crippen LogP contribution in [0.15, 0.2) is 0 Å². The van der Waals surface area contributed by atoms with E-state index in [4.69, 9.17) is 11.1 Å². The molecule has 0 amide bonds. The van der Waals surface area contributed by atoms with Crippen molar-refractivity contribution < 1.29 is 26.2 Å². The molecule has 0 fully saturated rings. The Bertz CT molecular complexity index is 24.3. The van der Waals surface area contributed by atoms with Crippen LogP contribution in [0.4, 0.5) is 0 Å². The van der Waals surface area contributed by atoms with Crippen molar-refractivity contribution in [2.75, 3.05) is 0 Å². The monoisotopic (exact) mass is 134 g/mol. The van der Waals surface area contributed by atoms with E-state index in [1.807, 2.05) is 4.91 Å². The first-order valence-electron chi connectivity index (χ1n) is 0.447. The van der Waals surface area contributed by atoms with Gasteiger partial charge < -0.3 is 0 Å². The molecule has 0 aliphatic rings. The summed E-state index contributed by atoms with van der Waals surface area (Å²) in [7, 11) is 0. The second-order valence-corrected chi connectivity index (χ2v) is 0.112. The summed E-state index contributed by atoms with van der Waals surface area (Å²) in [6.07, 6.45) is 0. The Labute approximate surface area is 42.5 Å². The molecule has 0 saturated carbocycles. The number of hydrogen-bond donors (Lipinski definition) is 2. The summed E-state index contributed by atoms with van der Waals surface area (Å²) < 4.78 is 0. The minimum atomic E-state index is 0. The molecule has 3 nitrogen and oxygen atoms in total. The Hall–Kier alpha value is 0.193. The number of nitrogens with one attached hydrogen (secondary N) is 2. The minimum absolute atomic E-state index is 0. The number of rotatable bonds is 0. The van der Waals surface area contributed by atoms with Crippen LogP contribution < -0.4 is 4.91 Å². The van der Waals surface area contributed by atoms with E-state index in [9.17, 15) is 0 Å². The van der Waals surface area contributed by atoms with Crippen LogP contribution in [0.1, 0.15) is 0 Å². The molecule has 0 aliphatic carbocycles. The van der Waals surface area contributed by atoms with Gasteiger partial charge in [-0.05, 0) is 0 Å². The van der Waals surface area contributed by atoms with Gasteiger partial charge in [-0.25, -0.2) is 0 Å². The van der Waals surface area contributed by atoms with E-state index in [1.165, 1.54) is 0 Å². The van der Waals surface area contributed by atoms with Gasteiger partial charge in [0.2, 0.25) is 4.91 Å². The van der Waals surface area contributed by atoms with E-state index in [1.54, 1.807) is 0 Å². The standard InChI is InChI=1S/H2N3.Zr/c1-3-2;/h1-2H;/q+1;. The maximum absolute atomic E-state index is 5.50. The molecule has 0 saturated heterocycles. The summed E-state index contributed by atoms with van der Waals surface area (Å²) in [5.41, 5.74) is 11.0. The predicted octanol–water partition coefficient (Wildman–Crippen LogP) is 0.113. The Morgan fingerprint density at radius 2 is 1.25 bits per heavy atom. The zero-order valence-electron chi connectivity index (χ0n) is 1.95. The van der Waals surface area contributed by atoms with E-state index in [0.717, 1.165) is 0 Å². The summed E-state index contributed by atoms with van der Waals surface area (Å²) in [4.78, 5) is 2.00. The molecular weight excluding hydrogens is 133 g/mol. The number of nitrogens with zero attached hydrogens (tertiary/aromatic N) is 1. The van der Waals surface area contributed by atoms with Crippen LogP contribution in [0, 0.1) is 11.1 Å². The average molecular weight is 135 g/mol. The maximum atomic E-state index is 5.50. The third-order valence-corrected chi connectivity index (χ3v) is 0. The Morgan fingerprint density at radius 1 is 1.25 bits per heavy atom. The van der Waals surface area contributed by atoms with Gasteiger partial charge in [-0.2, -0.15) is 0 Å². The minimum Gasteiger partial charge on any atom is 0 e. The van der Waals surface area contributed by atoms with Gasteiger partial charge in [0.05, 0.1) is 0 Å². The first-order valence-corrected chi connectivity index (χ1v) is 0.447. The maximum Gasteiger partial charge on any atom is 0.211 e. The first kappa shape index (κ1) is 8.89. The number of hydrogen-bond acceptors (Lipinski definition) is 2. The van der Waals surface area contributed by atoms with Crippen molar-refractivity contribution in [1.29, 1.82) is 11.1 Å². The largest absolute Gasteiger partial charge is 0.211 e. The second-order valence-electron chi connectivity index (χ2n) is 0.112. The second kappa shape index (κ2) is 10.8. The van der Waals surface area contributed by atoms with Gasteiger partial charge in [0.1, 0.15) is 11.1 Å². The fraction of sp³-hybridized carbons (Fsp3) is 0. The fourth-order valence-electron chi connectivity index (χ4n) is 0. The average Bonchev–Trinajstić information content (AvgIpc) is 0.918. The van der Waals surface area contributed by atoms with Crippen LogP contribution in [0.2, 0.25) is 0 Å². The molecule has 0 aromatic heterocycles. The van der Waals surface area contributed by atoms with Gasteiger partial charge in [-0.15, -0.1) is 0 Å². The summed E-state index contributed by atoms with van der Waals surface area (Å²) in [5, 5.41) is 0. The quantitative estimate of drug-likeness (QED) is 0.350. The van der Waals surface area contributed by atoms with Crippen LogP contribution in [0.25, 0.3) is 0 Å². The van der Waals surface area contributed by atoms with E-state index in [0.29, 0.717) is 0 Å². The van der Waals surface area contributed by atoms with Gasteiger partial charge in [0.25, 0.3) is 0 Å². The van der Waals surface area contributed by atoms with Crippen LogP contribution in [-0.4, -0.2) is 0 Å². The van der Waals surface area contributed by atoms with Crippen molar-refractivity contribution in [3.63, 3.8) is 0 Å². The molecule has 0 aliphatic heterocycles. The molecule has 4 heavy (non-hydrogen) atoms. The molecular formula is H2N3Zr+. The van der Waals surface area contributed by atoms with Crippen molar-refractivity contribution in [3.8, 4) is 0 Å². The van der Waals surface area contributed by atoms with Crippen molar-refractivity contribution in [2.45, 2.75) is 0 Å². The van der Waals surface area contributed by atoms with E-state index >= 15 is 0 Å². The molecule has 0 radical (unpaired) electrons. The SMILES string of the molecule is N=[N+]=N.[Zr]. The smallest absolute Gasteiger partial charge is 0 e. The Kier molecular flexibility index (Phi) is 24.0. The van der Waals surface area contributed by atoms with Crippen molar-refractivity contribution in [1.82, 2.24) is 4.91 Å². The summed E-state index contributed by atoms with van der Waals surface area (Å²) in [6, 6.07) is 0. The fourth-order valence-corrected chi connectivity index (χ4v) is 0. The topological polar surface area (TPSA) is 61.8 Å². The van der Waals surface area contributed by atoms with Crippen LogP contribution >= 0.6 is 0 Å². The molecule has 0 heterocycles. The van der Waals surface area contributed by atoms with Crippen LogP contribution in [-0.2, 0) is 26.2 Å². The summed E-state index contributed by atoms with van der Waals surface area (Å²) in [5.74, 6) is 0. The zero-order valence-corrected chi connectivity index (χ0v) is 4.41. The third kappa shape index (κ3) is 83.7. The first-order chi connectivity index (χ1) is 1.41. The molecule has 2 N–H and O–H groups in total. The van der Waals surface area contributed by atoms with Gasteiger partial charge in [0, 0.05) is 26.2 Å². The molecule has 0 atom stereocenters. The van der Waals surface area contributed by atoms with Crippen molar-refractivity contribution in [3.05, 3.63) is 0 Å². The third-order valence-electron chi connectivity index (χ3n) is 0. The zero-order chi connectivity index (χ0) is 2.71. The predicted molar refractivity (Wildman–Crippen MR) is 7.57 cm³/mol. The van der Waals surface area contributed by atoms with Gasteiger partial charge in [-0.1, -0.05) is 0 Å². The molecule has 0 bridgehead atoms. The molecule has 0 aromatic rings. The van der Waals surface area contributed by atoms with Crippen molar-refractivity contribution in [2.24, 2.45) is 0 Å². The van der Waals surface area contributed by atoms with Crippen LogP contribution in [0.5, 0.6) is 0 Å². The van der Waals surface area contributed by atoms with Crippen LogP contribution in [0.3, 0.4) is 0 Å². The van der Waals surface area contributed by atoms with E-state index in [2.05, 4.69) is 0 Å². The molecule has 0 spiro atoms. The summed E-state index contributed by atoms with van der Waals surface area (Å²) >= 11 is 0. The molecule has 0 rings (SSSR count). The van der Waals surface area contributed by atoms with Crippen molar-refractivity contribution >= 4 is 0 Å². The van der Waals surface area contributed by atoms with E-state index in [-0.39, 0.29) is 26.2 Å².